The van der Waals surface area contributed by atoms with Crippen molar-refractivity contribution in [2.75, 3.05) is 4.90 Å². The normalized spacial score (nSPS) is 13.5. The molecule has 2 aromatic carbocycles. The number of amidine groups is 1. The topological polar surface area (TPSA) is 64.4 Å². The number of nitrogens with one attached hydrogen (secondary N) is 1. The lowest BCUT2D eigenvalue weighted by atomic mass is 10.1. The quantitative estimate of drug-likeness (QED) is 0.863. The summed E-state index contributed by atoms with van der Waals surface area (Å²) in [7, 11) is 0. The second-order valence-corrected chi connectivity index (χ2v) is 4.45. The fourth-order valence-corrected chi connectivity index (χ4v) is 2.31. The number of hydrogen-bond acceptors (Lipinski definition) is 2. The van der Waals surface area contributed by atoms with E-state index < -0.39 is 5.97 Å². The van der Waals surface area contributed by atoms with Crippen LogP contribution in [0, 0.1) is 5.41 Å². The van der Waals surface area contributed by atoms with Crippen LogP contribution in [0.3, 0.4) is 0 Å². The van der Waals surface area contributed by atoms with Crippen LogP contribution in [0.4, 0.5) is 5.69 Å². The molecule has 0 radical (unpaired) electrons. The smallest absolute Gasteiger partial charge is 0.335 e. The zero-order valence-electron chi connectivity index (χ0n) is 10.1. The van der Waals surface area contributed by atoms with E-state index in [0.29, 0.717) is 12.4 Å². The molecule has 0 amide bonds. The molecule has 0 aromatic heterocycles. The summed E-state index contributed by atoms with van der Waals surface area (Å²) >= 11 is 0. The van der Waals surface area contributed by atoms with Crippen molar-refractivity contribution in [3.05, 3.63) is 65.2 Å². The Morgan fingerprint density at radius 3 is 2.68 bits per heavy atom. The molecule has 0 saturated carbocycles. The van der Waals surface area contributed by atoms with Gasteiger partial charge in [-0.2, -0.15) is 0 Å². The third kappa shape index (κ3) is 1.87. The molecule has 0 bridgehead atoms. The molecule has 0 atom stereocenters. The monoisotopic (exact) mass is 252 g/mol. The first-order chi connectivity index (χ1) is 9.16. The number of carboxylic acid groups (broad SMARTS) is 1. The molecule has 3 rings (SSSR count). The van der Waals surface area contributed by atoms with Gasteiger partial charge in [0.25, 0.3) is 0 Å². The Morgan fingerprint density at radius 1 is 1.16 bits per heavy atom. The maximum atomic E-state index is 11.0. The molecule has 1 heterocycles. The number of aromatic carboxylic acids is 1. The third-order valence-electron chi connectivity index (χ3n) is 3.28. The minimum absolute atomic E-state index is 0.237. The van der Waals surface area contributed by atoms with Gasteiger partial charge in [-0.15, -0.1) is 0 Å². The lowest BCUT2D eigenvalue weighted by Gasteiger charge is -2.18. The van der Waals surface area contributed by atoms with Gasteiger partial charge in [-0.05, 0) is 23.8 Å². The Labute approximate surface area is 110 Å². The predicted octanol–water partition coefficient (Wildman–Crippen LogP) is 2.73. The molecule has 4 heteroatoms. The summed E-state index contributed by atoms with van der Waals surface area (Å²) in [5, 5.41) is 17.2. The van der Waals surface area contributed by atoms with Gasteiger partial charge in [0, 0.05) is 11.3 Å². The third-order valence-corrected chi connectivity index (χ3v) is 3.28. The number of benzene rings is 2. The van der Waals surface area contributed by atoms with Crippen molar-refractivity contribution in [3.63, 3.8) is 0 Å². The van der Waals surface area contributed by atoms with Gasteiger partial charge >= 0.3 is 5.97 Å². The molecule has 94 valence electrons. The van der Waals surface area contributed by atoms with Crippen LogP contribution in [0.5, 0.6) is 0 Å². The highest BCUT2D eigenvalue weighted by molar-refractivity contribution is 6.11. The average Bonchev–Trinajstić information content (AvgIpc) is 2.77. The van der Waals surface area contributed by atoms with Crippen LogP contribution in [0.2, 0.25) is 0 Å². The Balaban J connectivity index is 2.00. The Kier molecular flexibility index (Phi) is 2.56. The average molecular weight is 252 g/mol. The number of rotatable bonds is 2. The minimum atomic E-state index is -0.954. The predicted molar refractivity (Wildman–Crippen MR) is 72.9 cm³/mol. The molecule has 0 aliphatic carbocycles. The molecular formula is C15H12N2O2. The number of nitrogens with zero attached hydrogens (tertiary/aromatic N) is 1. The van der Waals surface area contributed by atoms with Gasteiger partial charge in [-0.25, -0.2) is 4.79 Å². The molecule has 2 aromatic rings. The maximum absolute atomic E-state index is 11.0. The lowest BCUT2D eigenvalue weighted by Crippen LogP contribution is -2.23. The van der Waals surface area contributed by atoms with Crippen molar-refractivity contribution in [2.45, 2.75) is 6.54 Å². The summed E-state index contributed by atoms with van der Waals surface area (Å²) in [6, 6.07) is 14.4. The van der Waals surface area contributed by atoms with E-state index in [9.17, 15) is 4.79 Å². The van der Waals surface area contributed by atoms with E-state index in [1.165, 1.54) is 0 Å². The Hall–Kier alpha value is -2.62. The Morgan fingerprint density at radius 2 is 1.95 bits per heavy atom. The van der Waals surface area contributed by atoms with Gasteiger partial charge in [-0.1, -0.05) is 30.3 Å². The minimum Gasteiger partial charge on any atom is -0.478 e. The molecular weight excluding hydrogens is 240 g/mol. The van der Waals surface area contributed by atoms with E-state index >= 15 is 0 Å². The van der Waals surface area contributed by atoms with Crippen LogP contribution in [-0.4, -0.2) is 16.9 Å². The second-order valence-electron chi connectivity index (χ2n) is 4.45. The van der Waals surface area contributed by atoms with E-state index in [1.807, 2.05) is 35.2 Å². The first kappa shape index (κ1) is 11.5. The summed E-state index contributed by atoms with van der Waals surface area (Å²) in [6.07, 6.45) is 0. The van der Waals surface area contributed by atoms with Gasteiger partial charge in [0.05, 0.1) is 12.1 Å². The summed E-state index contributed by atoms with van der Waals surface area (Å²) in [5.41, 5.74) is 2.97. The summed E-state index contributed by atoms with van der Waals surface area (Å²) in [5.74, 6) is -0.539. The zero-order chi connectivity index (χ0) is 13.4. The fourth-order valence-electron chi connectivity index (χ4n) is 2.31. The molecule has 0 saturated heterocycles. The number of anilines is 1. The van der Waals surface area contributed by atoms with Crippen LogP contribution in [0.1, 0.15) is 21.5 Å². The van der Waals surface area contributed by atoms with Crippen molar-refractivity contribution in [2.24, 2.45) is 0 Å². The molecule has 0 spiro atoms. The van der Waals surface area contributed by atoms with Gasteiger partial charge in [0.15, 0.2) is 0 Å². The number of carbonyl (C=O) groups is 1. The van der Waals surface area contributed by atoms with Crippen molar-refractivity contribution < 1.29 is 9.90 Å². The van der Waals surface area contributed by atoms with Crippen molar-refractivity contribution in [1.29, 1.82) is 5.41 Å². The molecule has 0 unspecified atom stereocenters. The summed E-state index contributed by atoms with van der Waals surface area (Å²) in [4.78, 5) is 12.8. The van der Waals surface area contributed by atoms with Crippen LogP contribution >= 0.6 is 0 Å². The van der Waals surface area contributed by atoms with Gasteiger partial charge in [0.2, 0.25) is 0 Å². The van der Waals surface area contributed by atoms with E-state index in [-0.39, 0.29) is 5.56 Å². The summed E-state index contributed by atoms with van der Waals surface area (Å²) < 4.78 is 0. The van der Waals surface area contributed by atoms with Crippen molar-refractivity contribution >= 4 is 17.5 Å². The van der Waals surface area contributed by atoms with Gasteiger partial charge in [0.1, 0.15) is 5.84 Å². The van der Waals surface area contributed by atoms with Gasteiger partial charge in [-0.3, -0.25) is 5.41 Å². The highest BCUT2D eigenvalue weighted by Gasteiger charge is 2.25. The SMILES string of the molecule is N=C1c2ccccc2CN1c1cccc(C(=O)O)c1. The zero-order valence-corrected chi connectivity index (χ0v) is 10.1. The van der Waals surface area contributed by atoms with E-state index in [4.69, 9.17) is 10.5 Å². The first-order valence-corrected chi connectivity index (χ1v) is 5.94. The van der Waals surface area contributed by atoms with Crippen LogP contribution in [-0.2, 0) is 6.54 Å². The van der Waals surface area contributed by atoms with Crippen LogP contribution in [0.15, 0.2) is 48.5 Å². The molecule has 1 aliphatic heterocycles. The van der Waals surface area contributed by atoms with E-state index in [0.717, 1.165) is 16.8 Å². The first-order valence-electron chi connectivity index (χ1n) is 5.94. The summed E-state index contributed by atoms with van der Waals surface area (Å²) in [6.45, 7) is 0.609. The van der Waals surface area contributed by atoms with Crippen LogP contribution in [0.25, 0.3) is 0 Å². The molecule has 4 nitrogen and oxygen atoms in total. The molecule has 2 N–H and O–H groups in total. The standard InChI is InChI=1S/C15H12N2O2/c16-14-13-7-2-1-4-11(13)9-17(14)12-6-3-5-10(8-12)15(18)19/h1-8,16H,9H2,(H,18,19). The fraction of sp³-hybridized carbons (Fsp3) is 0.0667. The van der Waals surface area contributed by atoms with Crippen molar-refractivity contribution in [3.8, 4) is 0 Å². The highest BCUT2D eigenvalue weighted by atomic mass is 16.4. The van der Waals surface area contributed by atoms with E-state index in [1.54, 1.807) is 18.2 Å². The lowest BCUT2D eigenvalue weighted by molar-refractivity contribution is 0.0697. The van der Waals surface area contributed by atoms with Crippen LogP contribution < -0.4 is 4.90 Å². The number of hydrogen-bond donors (Lipinski definition) is 2. The molecule has 1 aliphatic rings. The van der Waals surface area contributed by atoms with Crippen molar-refractivity contribution in [1.82, 2.24) is 0 Å². The Bertz CT molecular complexity index is 679. The largest absolute Gasteiger partial charge is 0.478 e. The number of fused-ring (bicyclic) bond motifs is 1. The van der Waals surface area contributed by atoms with E-state index in [2.05, 4.69) is 0 Å². The second kappa shape index (κ2) is 4.24. The molecule has 19 heavy (non-hydrogen) atoms. The highest BCUT2D eigenvalue weighted by Crippen LogP contribution is 2.28. The molecule has 0 fully saturated rings. The maximum Gasteiger partial charge on any atom is 0.335 e. The van der Waals surface area contributed by atoms with Gasteiger partial charge < -0.3 is 10.0 Å². The number of carboxylic acids is 1.